The molecule has 0 radical (unpaired) electrons. The van der Waals surface area contributed by atoms with Gasteiger partial charge in [-0.25, -0.2) is 14.3 Å². The molecule has 1 fully saturated rings. The molecule has 0 amide bonds. The summed E-state index contributed by atoms with van der Waals surface area (Å²) in [5.74, 6) is -1.30. The lowest BCUT2D eigenvalue weighted by Crippen LogP contribution is -2.41. The van der Waals surface area contributed by atoms with Crippen LogP contribution in [-0.4, -0.2) is 68.8 Å². The lowest BCUT2D eigenvalue weighted by molar-refractivity contribution is -0.150. The number of aliphatic hydroxyl groups is 2. The number of fused-ring (bicyclic) bond motifs is 1. The summed E-state index contributed by atoms with van der Waals surface area (Å²) in [6.07, 6.45) is 0.475. The van der Waals surface area contributed by atoms with Gasteiger partial charge in [0, 0.05) is 6.42 Å². The van der Waals surface area contributed by atoms with E-state index in [0.717, 1.165) is 30.1 Å². The third kappa shape index (κ3) is 4.47. The molecule has 1 aliphatic heterocycles. The first-order valence-corrected chi connectivity index (χ1v) is 10.6. The van der Waals surface area contributed by atoms with Crippen LogP contribution in [0.4, 0.5) is 5.82 Å². The van der Waals surface area contributed by atoms with Crippen LogP contribution >= 0.6 is 0 Å². The molecule has 0 bridgehead atoms. The largest absolute Gasteiger partial charge is 0.465 e. The maximum atomic E-state index is 12.3. The highest BCUT2D eigenvalue weighted by molar-refractivity contribution is 6.00. The van der Waals surface area contributed by atoms with Gasteiger partial charge in [0.05, 0.1) is 18.4 Å². The molecular formula is C21H27N5O7. The molecule has 2 aromatic heterocycles. The summed E-state index contributed by atoms with van der Waals surface area (Å²) in [7, 11) is 1.17. The Morgan fingerprint density at radius 3 is 2.79 bits per heavy atom. The highest BCUT2D eigenvalue weighted by Gasteiger charge is 2.58. The van der Waals surface area contributed by atoms with E-state index in [-0.39, 0.29) is 35.6 Å². The molecule has 2 aromatic rings. The number of anilines is 1. The first-order valence-electron chi connectivity index (χ1n) is 10.6. The average molecular weight is 461 g/mol. The average Bonchev–Trinajstić information content (AvgIpc) is 3.32. The van der Waals surface area contributed by atoms with Crippen molar-refractivity contribution in [2.75, 3.05) is 19.5 Å². The Morgan fingerprint density at radius 2 is 2.12 bits per heavy atom. The van der Waals surface area contributed by atoms with Crippen molar-refractivity contribution in [1.29, 1.82) is 5.26 Å². The number of carbonyl (C=O) groups excluding carboxylic acids is 2. The Labute approximate surface area is 189 Å². The van der Waals surface area contributed by atoms with Gasteiger partial charge in [-0.3, -0.25) is 4.79 Å². The molecule has 0 aliphatic carbocycles. The van der Waals surface area contributed by atoms with Crippen LogP contribution in [-0.2, 0) is 24.6 Å². The van der Waals surface area contributed by atoms with E-state index < -0.39 is 35.9 Å². The molecule has 12 heteroatoms. The number of nitrogen functional groups attached to an aromatic ring is 1. The quantitative estimate of drug-likeness (QED) is 0.348. The van der Waals surface area contributed by atoms with Gasteiger partial charge in [0.15, 0.2) is 5.82 Å². The van der Waals surface area contributed by atoms with Crippen LogP contribution in [0.2, 0.25) is 0 Å². The van der Waals surface area contributed by atoms with Crippen LogP contribution in [0.25, 0.3) is 5.52 Å². The van der Waals surface area contributed by atoms with Crippen LogP contribution < -0.4 is 5.73 Å². The minimum atomic E-state index is -2.13. The standard InChI is InChI=1S/C21H27N5O7/c1-3-4-5-6-7-15(27)32-9-13-17(28)18(29)21(10-22,33-13)14-8-12(20(30)31-2)16-19(23)24-11-25-26(14)16/h8,11,13,17-18,28-29H,3-7,9H2,1-2H3,(H2,23,24,25). The highest BCUT2D eigenvalue weighted by atomic mass is 16.6. The number of ether oxygens (including phenoxy) is 3. The second-order valence-electron chi connectivity index (χ2n) is 7.77. The van der Waals surface area contributed by atoms with Crippen LogP contribution in [0, 0.1) is 11.3 Å². The van der Waals surface area contributed by atoms with Gasteiger partial charge in [0.1, 0.15) is 42.8 Å². The summed E-state index contributed by atoms with van der Waals surface area (Å²) in [5, 5.41) is 35.4. The number of hydrogen-bond donors (Lipinski definition) is 3. The summed E-state index contributed by atoms with van der Waals surface area (Å²) in [6.45, 7) is 1.70. The van der Waals surface area contributed by atoms with Gasteiger partial charge in [-0.15, -0.1) is 0 Å². The number of carbonyl (C=O) groups is 2. The Kier molecular flexibility index (Phi) is 7.47. The molecule has 0 aromatic carbocycles. The van der Waals surface area contributed by atoms with Crippen molar-refractivity contribution < 1.29 is 34.0 Å². The van der Waals surface area contributed by atoms with Gasteiger partial charge >= 0.3 is 11.9 Å². The van der Waals surface area contributed by atoms with Gasteiger partial charge in [0.25, 0.3) is 0 Å². The van der Waals surface area contributed by atoms with Crippen LogP contribution in [0.15, 0.2) is 12.4 Å². The molecule has 3 rings (SSSR count). The van der Waals surface area contributed by atoms with Crippen LogP contribution in [0.1, 0.15) is 55.1 Å². The molecule has 0 spiro atoms. The number of esters is 2. The van der Waals surface area contributed by atoms with E-state index in [1.54, 1.807) is 0 Å². The maximum absolute atomic E-state index is 12.3. The van der Waals surface area contributed by atoms with Crippen molar-refractivity contribution in [3.63, 3.8) is 0 Å². The lowest BCUT2D eigenvalue weighted by Gasteiger charge is -2.24. The van der Waals surface area contributed by atoms with E-state index in [2.05, 4.69) is 17.0 Å². The Morgan fingerprint density at radius 1 is 1.36 bits per heavy atom. The van der Waals surface area contributed by atoms with Crippen molar-refractivity contribution in [2.24, 2.45) is 0 Å². The Balaban J connectivity index is 1.88. The first kappa shape index (κ1) is 24.4. The normalized spacial score (nSPS) is 24.5. The van der Waals surface area contributed by atoms with Gasteiger partial charge in [-0.05, 0) is 12.5 Å². The molecule has 4 atom stereocenters. The van der Waals surface area contributed by atoms with E-state index in [1.165, 1.54) is 13.2 Å². The van der Waals surface area contributed by atoms with E-state index in [1.807, 2.05) is 6.07 Å². The highest BCUT2D eigenvalue weighted by Crippen LogP contribution is 2.41. The van der Waals surface area contributed by atoms with E-state index >= 15 is 0 Å². The molecule has 4 unspecified atom stereocenters. The molecule has 3 heterocycles. The van der Waals surface area contributed by atoms with Crippen molar-refractivity contribution in [2.45, 2.75) is 62.9 Å². The topological polar surface area (TPSA) is 182 Å². The molecule has 33 heavy (non-hydrogen) atoms. The molecule has 1 aliphatic rings. The number of nitrogens with two attached hydrogens (primary N) is 1. The fourth-order valence-electron chi connectivity index (χ4n) is 3.86. The molecule has 178 valence electrons. The van der Waals surface area contributed by atoms with Crippen LogP contribution in [0.3, 0.4) is 0 Å². The second-order valence-corrected chi connectivity index (χ2v) is 7.77. The SMILES string of the molecule is CCCCCCC(=O)OCC1OC(C#N)(c2cc(C(=O)OC)c3c(N)ncnn23)C(O)C1O. The predicted molar refractivity (Wildman–Crippen MR) is 113 cm³/mol. The fourth-order valence-corrected chi connectivity index (χ4v) is 3.86. The zero-order valence-corrected chi connectivity index (χ0v) is 18.4. The number of nitrogens with zero attached hydrogens (tertiary/aromatic N) is 4. The number of rotatable bonds is 9. The monoisotopic (exact) mass is 461 g/mol. The summed E-state index contributed by atoms with van der Waals surface area (Å²) in [5.41, 5.74) is 3.72. The Hall–Kier alpha value is -3.27. The predicted octanol–water partition coefficient (Wildman–Crippen LogP) is 0.451. The number of unbranched alkanes of at least 4 members (excludes halogenated alkanes) is 3. The van der Waals surface area contributed by atoms with Gasteiger partial charge in [0.2, 0.25) is 5.60 Å². The number of aliphatic hydroxyl groups excluding tert-OH is 2. The van der Waals surface area contributed by atoms with E-state index in [9.17, 15) is 25.1 Å². The number of methoxy groups -OCH3 is 1. The summed E-state index contributed by atoms with van der Waals surface area (Å²) in [6, 6.07) is 3.12. The molecule has 1 saturated heterocycles. The van der Waals surface area contributed by atoms with Crippen molar-refractivity contribution in [1.82, 2.24) is 14.6 Å². The van der Waals surface area contributed by atoms with Crippen LogP contribution in [0.5, 0.6) is 0 Å². The lowest BCUT2D eigenvalue weighted by atomic mass is 9.92. The van der Waals surface area contributed by atoms with Gasteiger partial charge in [-0.1, -0.05) is 26.2 Å². The smallest absolute Gasteiger partial charge is 0.340 e. The zero-order valence-electron chi connectivity index (χ0n) is 18.4. The molecule has 4 N–H and O–H groups in total. The molecule has 0 saturated carbocycles. The van der Waals surface area contributed by atoms with Crippen molar-refractivity contribution in [3.05, 3.63) is 23.7 Å². The maximum Gasteiger partial charge on any atom is 0.340 e. The Bertz CT molecular complexity index is 1070. The van der Waals surface area contributed by atoms with Crippen molar-refractivity contribution in [3.8, 4) is 6.07 Å². The van der Waals surface area contributed by atoms with Crippen molar-refractivity contribution >= 4 is 23.3 Å². The van der Waals surface area contributed by atoms with Gasteiger partial charge < -0.3 is 30.2 Å². The minimum Gasteiger partial charge on any atom is -0.465 e. The third-order valence-electron chi connectivity index (χ3n) is 5.64. The summed E-state index contributed by atoms with van der Waals surface area (Å²) < 4.78 is 16.9. The number of aromatic nitrogens is 3. The summed E-state index contributed by atoms with van der Waals surface area (Å²) in [4.78, 5) is 28.1. The van der Waals surface area contributed by atoms with E-state index in [0.29, 0.717) is 6.42 Å². The summed E-state index contributed by atoms with van der Waals surface area (Å²) >= 11 is 0. The minimum absolute atomic E-state index is 0.0486. The molecular weight excluding hydrogens is 434 g/mol. The van der Waals surface area contributed by atoms with Gasteiger partial charge in [-0.2, -0.15) is 10.4 Å². The van der Waals surface area contributed by atoms with E-state index in [4.69, 9.17) is 19.9 Å². The second kappa shape index (κ2) is 10.1. The zero-order chi connectivity index (χ0) is 24.2. The fraction of sp³-hybridized carbons (Fsp3) is 0.571. The first-order chi connectivity index (χ1) is 15.8. The number of hydrogen-bond acceptors (Lipinski definition) is 11. The third-order valence-corrected chi connectivity index (χ3v) is 5.64. The molecule has 12 nitrogen and oxygen atoms in total. The number of nitriles is 1.